The highest BCUT2D eigenvalue weighted by Gasteiger charge is 1.88. The first-order valence-corrected chi connectivity index (χ1v) is 4.79. The Hall–Kier alpha value is -1.51. The Bertz CT molecular complexity index is 453. The van der Waals surface area contributed by atoms with Crippen LogP contribution in [-0.2, 0) is 0 Å². The molecule has 0 spiro atoms. The lowest BCUT2D eigenvalue weighted by Gasteiger charge is -1.94. The van der Waals surface area contributed by atoms with Crippen molar-refractivity contribution >= 4 is 42.7 Å². The first-order valence-electron chi connectivity index (χ1n) is 4.79. The van der Waals surface area contributed by atoms with Gasteiger partial charge in [0.15, 0.2) is 0 Å². The third-order valence-corrected chi connectivity index (χ3v) is 2.07. The van der Waals surface area contributed by atoms with Gasteiger partial charge in [-0.1, -0.05) is 24.3 Å². The Morgan fingerprint density at radius 2 is 1.59 bits per heavy atom. The summed E-state index contributed by atoms with van der Waals surface area (Å²) in [6.07, 6.45) is 5.77. The molecule has 2 rings (SSSR count). The zero-order valence-electron chi connectivity index (χ0n) is 9.11. The summed E-state index contributed by atoms with van der Waals surface area (Å²) in [4.78, 5) is 4.20. The van der Waals surface area contributed by atoms with Gasteiger partial charge in [0, 0.05) is 11.9 Å². The number of anilines is 1. The van der Waals surface area contributed by atoms with Crippen molar-refractivity contribution in [2.24, 2.45) is 0 Å². The fraction of sp³-hybridized carbons (Fsp3) is 0. The summed E-state index contributed by atoms with van der Waals surface area (Å²) < 4.78 is 0. The second-order valence-electron chi connectivity index (χ2n) is 3.25. The zero-order valence-corrected chi connectivity index (χ0v) is 10.7. The fourth-order valence-electron chi connectivity index (χ4n) is 1.26. The summed E-state index contributed by atoms with van der Waals surface area (Å²) in [6.45, 7) is 0. The van der Waals surface area contributed by atoms with Gasteiger partial charge >= 0.3 is 0 Å². The van der Waals surface area contributed by atoms with E-state index >= 15 is 0 Å². The molecule has 1 aromatic carbocycles. The summed E-state index contributed by atoms with van der Waals surface area (Å²) in [7, 11) is 0. The smallest absolute Gasteiger partial charge is 0.0629 e. The van der Waals surface area contributed by atoms with Gasteiger partial charge in [-0.15, -0.1) is 24.8 Å². The number of benzene rings is 1. The van der Waals surface area contributed by atoms with Gasteiger partial charge < -0.3 is 5.73 Å². The molecule has 0 amide bonds. The molecule has 1 heterocycles. The van der Waals surface area contributed by atoms with Crippen LogP contribution in [0.5, 0.6) is 0 Å². The molecule has 17 heavy (non-hydrogen) atoms. The number of pyridine rings is 1. The monoisotopic (exact) mass is 268 g/mol. The second-order valence-corrected chi connectivity index (χ2v) is 3.25. The van der Waals surface area contributed by atoms with Crippen LogP contribution in [-0.4, -0.2) is 4.98 Å². The van der Waals surface area contributed by atoms with E-state index in [2.05, 4.69) is 4.98 Å². The third kappa shape index (κ3) is 4.89. The number of nitrogen functional groups attached to an aromatic ring is 1. The average Bonchev–Trinajstić information content (AvgIpc) is 2.30. The predicted molar refractivity (Wildman–Crippen MR) is 78.5 cm³/mol. The van der Waals surface area contributed by atoms with Gasteiger partial charge in [0.1, 0.15) is 0 Å². The molecule has 0 fully saturated rings. The van der Waals surface area contributed by atoms with Crippen LogP contribution in [0, 0.1) is 0 Å². The van der Waals surface area contributed by atoms with Crippen molar-refractivity contribution in [1.82, 2.24) is 4.98 Å². The molecular weight excluding hydrogens is 255 g/mol. The van der Waals surface area contributed by atoms with Gasteiger partial charge in [-0.25, -0.2) is 0 Å². The Balaban J connectivity index is 0.00000128. The van der Waals surface area contributed by atoms with Crippen LogP contribution in [0.2, 0.25) is 0 Å². The number of rotatable bonds is 2. The molecule has 0 aliphatic rings. The molecule has 0 aliphatic carbocycles. The van der Waals surface area contributed by atoms with Crippen LogP contribution in [0.4, 0.5) is 5.69 Å². The van der Waals surface area contributed by atoms with Gasteiger partial charge in [-0.05, 0) is 35.9 Å². The molecule has 0 unspecified atom stereocenters. The molecule has 2 N–H and O–H groups in total. The molecule has 2 nitrogen and oxygen atoms in total. The molecule has 0 atom stereocenters. The van der Waals surface area contributed by atoms with Crippen molar-refractivity contribution < 1.29 is 0 Å². The summed E-state index contributed by atoms with van der Waals surface area (Å²) in [6, 6.07) is 13.6. The first-order chi connectivity index (χ1) is 7.34. The summed E-state index contributed by atoms with van der Waals surface area (Å²) in [5.41, 5.74) is 8.45. The summed E-state index contributed by atoms with van der Waals surface area (Å²) in [5.74, 6) is 0. The van der Waals surface area contributed by atoms with Crippen LogP contribution in [0.25, 0.3) is 12.2 Å². The minimum absolute atomic E-state index is 0. The minimum Gasteiger partial charge on any atom is -0.399 e. The number of nitrogens with two attached hydrogens (primary N) is 1. The molecule has 1 aromatic heterocycles. The van der Waals surface area contributed by atoms with Crippen LogP contribution < -0.4 is 5.73 Å². The first kappa shape index (κ1) is 15.5. The van der Waals surface area contributed by atoms with E-state index in [0.29, 0.717) is 0 Å². The third-order valence-electron chi connectivity index (χ3n) is 2.07. The summed E-state index contributed by atoms with van der Waals surface area (Å²) >= 11 is 0. The van der Waals surface area contributed by atoms with Gasteiger partial charge in [-0.2, -0.15) is 0 Å². The highest BCUT2D eigenvalue weighted by molar-refractivity contribution is 5.85. The molecule has 0 bridgehead atoms. The van der Waals surface area contributed by atoms with Crippen molar-refractivity contribution in [3.8, 4) is 0 Å². The van der Waals surface area contributed by atoms with E-state index in [0.717, 1.165) is 16.9 Å². The molecule has 90 valence electrons. The SMILES string of the molecule is Cl.Cl.Nc1ccc(/C=C/c2ccccn2)cc1. The maximum Gasteiger partial charge on any atom is 0.0629 e. The van der Waals surface area contributed by atoms with Crippen molar-refractivity contribution in [3.05, 3.63) is 59.9 Å². The minimum atomic E-state index is 0. The van der Waals surface area contributed by atoms with E-state index in [1.54, 1.807) is 6.20 Å². The van der Waals surface area contributed by atoms with Crippen LogP contribution >= 0.6 is 24.8 Å². The Morgan fingerprint density at radius 3 is 2.18 bits per heavy atom. The molecule has 4 heteroatoms. The number of hydrogen-bond acceptors (Lipinski definition) is 2. The highest BCUT2D eigenvalue weighted by Crippen LogP contribution is 2.08. The van der Waals surface area contributed by atoms with Gasteiger partial charge in [0.2, 0.25) is 0 Å². The predicted octanol–water partition coefficient (Wildman–Crippen LogP) is 3.68. The number of aromatic nitrogens is 1. The van der Waals surface area contributed by atoms with Crippen LogP contribution in [0.3, 0.4) is 0 Å². The lowest BCUT2D eigenvalue weighted by atomic mass is 10.2. The van der Waals surface area contributed by atoms with E-state index in [4.69, 9.17) is 5.73 Å². The normalized spacial score (nSPS) is 9.41. The van der Waals surface area contributed by atoms with Crippen molar-refractivity contribution in [2.45, 2.75) is 0 Å². The Labute approximate surface area is 113 Å². The topological polar surface area (TPSA) is 38.9 Å². The van der Waals surface area contributed by atoms with E-state index in [1.807, 2.05) is 54.6 Å². The second kappa shape index (κ2) is 7.71. The lowest BCUT2D eigenvalue weighted by molar-refractivity contribution is 1.30. The highest BCUT2D eigenvalue weighted by atomic mass is 35.5. The molecule has 0 saturated carbocycles. The quantitative estimate of drug-likeness (QED) is 0.845. The Morgan fingerprint density at radius 1 is 0.882 bits per heavy atom. The molecule has 2 aromatic rings. The van der Waals surface area contributed by atoms with E-state index in [-0.39, 0.29) is 24.8 Å². The molecule has 0 aliphatic heterocycles. The maximum absolute atomic E-state index is 5.60. The van der Waals surface area contributed by atoms with Crippen LogP contribution in [0.1, 0.15) is 11.3 Å². The van der Waals surface area contributed by atoms with Gasteiger partial charge in [0.25, 0.3) is 0 Å². The number of hydrogen-bond donors (Lipinski definition) is 1. The standard InChI is InChI=1S/C13H12N2.2ClH/c14-12-7-4-11(5-8-12)6-9-13-3-1-2-10-15-13;;/h1-10H,14H2;2*1H/b9-6+;;. The van der Waals surface area contributed by atoms with Gasteiger partial charge in [0.05, 0.1) is 5.69 Å². The van der Waals surface area contributed by atoms with E-state index in [1.165, 1.54) is 0 Å². The average molecular weight is 269 g/mol. The number of halogens is 2. The van der Waals surface area contributed by atoms with Crippen LogP contribution in [0.15, 0.2) is 48.7 Å². The summed E-state index contributed by atoms with van der Waals surface area (Å²) in [5, 5.41) is 0. The van der Waals surface area contributed by atoms with Crippen molar-refractivity contribution in [2.75, 3.05) is 5.73 Å². The van der Waals surface area contributed by atoms with Crippen molar-refractivity contribution in [3.63, 3.8) is 0 Å². The maximum atomic E-state index is 5.60. The van der Waals surface area contributed by atoms with E-state index in [9.17, 15) is 0 Å². The molecule has 0 saturated heterocycles. The Kier molecular flexibility index (Phi) is 7.03. The fourth-order valence-corrected chi connectivity index (χ4v) is 1.26. The largest absolute Gasteiger partial charge is 0.399 e. The zero-order chi connectivity index (χ0) is 10.5. The van der Waals surface area contributed by atoms with Gasteiger partial charge in [-0.3, -0.25) is 4.98 Å². The molecular formula is C13H14Cl2N2. The number of nitrogens with zero attached hydrogens (tertiary/aromatic N) is 1. The van der Waals surface area contributed by atoms with Crippen molar-refractivity contribution in [1.29, 1.82) is 0 Å². The van der Waals surface area contributed by atoms with E-state index < -0.39 is 0 Å². The molecule has 0 radical (unpaired) electrons. The lowest BCUT2D eigenvalue weighted by Crippen LogP contribution is -1.82.